The van der Waals surface area contributed by atoms with E-state index in [-0.39, 0.29) is 6.61 Å². The Labute approximate surface area is 162 Å². The van der Waals surface area contributed by atoms with Crippen molar-refractivity contribution in [3.63, 3.8) is 0 Å². The summed E-state index contributed by atoms with van der Waals surface area (Å²) >= 11 is 4.62. The van der Waals surface area contributed by atoms with E-state index in [0.717, 1.165) is 26.8 Å². The van der Waals surface area contributed by atoms with E-state index in [9.17, 15) is 4.79 Å². The Kier molecular flexibility index (Phi) is 4.92. The molecule has 0 aliphatic heterocycles. The monoisotopic (exact) mass is 398 g/mol. The topological polar surface area (TPSA) is 52.1 Å². The molecule has 0 bridgehead atoms. The minimum absolute atomic E-state index is 0.150. The molecule has 0 amide bonds. The first-order valence-electron chi connectivity index (χ1n) is 7.86. The Morgan fingerprint density at radius 2 is 1.73 bits per heavy atom. The van der Waals surface area contributed by atoms with Gasteiger partial charge in [0.15, 0.2) is 5.69 Å². The van der Waals surface area contributed by atoms with Crippen molar-refractivity contribution in [2.75, 3.05) is 0 Å². The summed E-state index contributed by atoms with van der Waals surface area (Å²) in [4.78, 5) is 21.2. The number of aryl methyl sites for hydroxylation is 1. The molecular weight excluding hydrogens is 384 g/mol. The molecule has 4 nitrogen and oxygen atoms in total. The Bertz CT molecular complexity index is 1020. The summed E-state index contributed by atoms with van der Waals surface area (Å²) in [5.74, 6) is -0.426. The van der Waals surface area contributed by atoms with Gasteiger partial charge in [0.05, 0.1) is 5.69 Å². The number of benzene rings is 1. The highest BCUT2D eigenvalue weighted by Gasteiger charge is 2.14. The fourth-order valence-corrected chi connectivity index (χ4v) is 4.61. The van der Waals surface area contributed by atoms with Crippen molar-refractivity contribution in [3.8, 4) is 21.1 Å². The molecule has 0 spiro atoms. The van der Waals surface area contributed by atoms with Crippen molar-refractivity contribution in [2.24, 2.45) is 0 Å². The first kappa shape index (κ1) is 17.1. The molecule has 3 heterocycles. The van der Waals surface area contributed by atoms with E-state index in [0.29, 0.717) is 5.69 Å². The summed E-state index contributed by atoms with van der Waals surface area (Å²) in [6.45, 7) is 2.19. The number of aromatic nitrogens is 2. The lowest BCUT2D eigenvalue weighted by molar-refractivity contribution is 0.0462. The summed E-state index contributed by atoms with van der Waals surface area (Å²) in [5, 5.41) is 9.47. The number of thiazole rings is 2. The van der Waals surface area contributed by atoms with Crippen LogP contribution in [0.15, 0.2) is 51.9 Å². The Morgan fingerprint density at radius 3 is 2.50 bits per heavy atom. The molecular formula is C19H14N2O2S3. The highest BCUT2D eigenvalue weighted by atomic mass is 32.1. The SMILES string of the molecule is Cc1ccc(-c2nc(C(=O)OCc3csc(-c4ccsc4)n3)cs2)cc1. The Hall–Kier alpha value is -2.35. The number of carbonyl (C=O) groups excluding carboxylic acids is 1. The van der Waals surface area contributed by atoms with Crippen molar-refractivity contribution in [1.29, 1.82) is 0 Å². The fourth-order valence-electron chi connectivity index (χ4n) is 2.30. The van der Waals surface area contributed by atoms with Gasteiger partial charge >= 0.3 is 5.97 Å². The summed E-state index contributed by atoms with van der Waals surface area (Å²) < 4.78 is 5.37. The van der Waals surface area contributed by atoms with Gasteiger partial charge in [-0.1, -0.05) is 29.8 Å². The van der Waals surface area contributed by atoms with Crippen LogP contribution in [-0.2, 0) is 11.3 Å². The van der Waals surface area contributed by atoms with Crippen LogP contribution in [0.1, 0.15) is 21.7 Å². The standard InChI is InChI=1S/C19H14N2O2S3/c1-12-2-4-13(5-3-12)17-21-16(11-26-17)19(22)23-8-15-10-25-18(20-15)14-6-7-24-9-14/h2-7,9-11H,8H2,1H3. The largest absolute Gasteiger partial charge is 0.454 e. The van der Waals surface area contributed by atoms with E-state index in [4.69, 9.17) is 4.74 Å². The van der Waals surface area contributed by atoms with Crippen LogP contribution in [0, 0.1) is 6.92 Å². The average Bonchev–Trinajstić information content (AvgIpc) is 3.41. The molecule has 4 rings (SSSR count). The third kappa shape index (κ3) is 3.75. The molecule has 0 N–H and O–H groups in total. The summed E-state index contributed by atoms with van der Waals surface area (Å²) in [6, 6.07) is 10.1. The minimum Gasteiger partial charge on any atom is -0.454 e. The van der Waals surface area contributed by atoms with Gasteiger partial charge in [-0.25, -0.2) is 14.8 Å². The maximum Gasteiger partial charge on any atom is 0.358 e. The molecule has 0 fully saturated rings. The van der Waals surface area contributed by atoms with Crippen LogP contribution >= 0.6 is 34.0 Å². The predicted molar refractivity (Wildman–Crippen MR) is 107 cm³/mol. The number of carbonyl (C=O) groups is 1. The lowest BCUT2D eigenvalue weighted by Gasteiger charge is -2.00. The van der Waals surface area contributed by atoms with Gasteiger partial charge < -0.3 is 4.74 Å². The number of nitrogens with zero attached hydrogens (tertiary/aromatic N) is 2. The normalized spacial score (nSPS) is 10.8. The van der Waals surface area contributed by atoms with E-state index < -0.39 is 5.97 Å². The van der Waals surface area contributed by atoms with Gasteiger partial charge in [0.25, 0.3) is 0 Å². The van der Waals surface area contributed by atoms with Gasteiger partial charge in [-0.2, -0.15) is 11.3 Å². The third-order valence-corrected chi connectivity index (χ3v) is 6.20. The van der Waals surface area contributed by atoms with E-state index in [1.807, 2.05) is 48.0 Å². The van der Waals surface area contributed by atoms with Crippen LogP contribution in [0.4, 0.5) is 0 Å². The zero-order chi connectivity index (χ0) is 17.9. The maximum atomic E-state index is 12.3. The molecule has 0 saturated carbocycles. The smallest absolute Gasteiger partial charge is 0.358 e. The molecule has 0 saturated heterocycles. The molecule has 0 aliphatic carbocycles. The molecule has 0 unspecified atom stereocenters. The maximum absolute atomic E-state index is 12.3. The number of hydrogen-bond donors (Lipinski definition) is 0. The number of hydrogen-bond acceptors (Lipinski definition) is 7. The highest BCUT2D eigenvalue weighted by Crippen LogP contribution is 2.27. The van der Waals surface area contributed by atoms with Crippen molar-refractivity contribution in [1.82, 2.24) is 9.97 Å². The van der Waals surface area contributed by atoms with Gasteiger partial charge in [-0.05, 0) is 18.4 Å². The second-order valence-corrected chi connectivity index (χ2v) is 8.13. The molecule has 26 heavy (non-hydrogen) atoms. The second kappa shape index (κ2) is 7.49. The van der Waals surface area contributed by atoms with Gasteiger partial charge in [-0.15, -0.1) is 22.7 Å². The van der Waals surface area contributed by atoms with Crippen molar-refractivity contribution < 1.29 is 9.53 Å². The van der Waals surface area contributed by atoms with Gasteiger partial charge in [0, 0.05) is 27.3 Å². The molecule has 0 radical (unpaired) electrons. The fraction of sp³-hybridized carbons (Fsp3) is 0.105. The zero-order valence-corrected chi connectivity index (χ0v) is 16.3. The summed E-state index contributed by atoms with van der Waals surface area (Å²) in [5.41, 5.74) is 4.37. The molecule has 1 aromatic carbocycles. The lowest BCUT2D eigenvalue weighted by atomic mass is 10.2. The molecule has 130 valence electrons. The lowest BCUT2D eigenvalue weighted by Crippen LogP contribution is -2.05. The number of ether oxygens (including phenoxy) is 1. The van der Waals surface area contributed by atoms with E-state index in [1.54, 1.807) is 28.1 Å². The third-order valence-electron chi connectivity index (χ3n) is 3.68. The predicted octanol–water partition coefficient (Wildman–Crippen LogP) is 5.66. The highest BCUT2D eigenvalue weighted by molar-refractivity contribution is 7.14. The van der Waals surface area contributed by atoms with E-state index >= 15 is 0 Å². The van der Waals surface area contributed by atoms with Gasteiger partial charge in [-0.3, -0.25) is 0 Å². The Balaban J connectivity index is 1.40. The van der Waals surface area contributed by atoms with Gasteiger partial charge in [0.1, 0.15) is 16.6 Å². The van der Waals surface area contributed by atoms with Crippen molar-refractivity contribution in [2.45, 2.75) is 13.5 Å². The molecule has 7 heteroatoms. The van der Waals surface area contributed by atoms with Crippen LogP contribution in [0.25, 0.3) is 21.1 Å². The average molecular weight is 399 g/mol. The molecule has 3 aromatic heterocycles. The quantitative estimate of drug-likeness (QED) is 0.407. The number of thiophene rings is 1. The molecule has 0 aliphatic rings. The van der Waals surface area contributed by atoms with Crippen molar-refractivity contribution >= 4 is 40.0 Å². The summed E-state index contributed by atoms with van der Waals surface area (Å²) in [6.07, 6.45) is 0. The zero-order valence-electron chi connectivity index (χ0n) is 13.8. The van der Waals surface area contributed by atoms with Crippen LogP contribution in [0.2, 0.25) is 0 Å². The molecule has 0 atom stereocenters. The van der Waals surface area contributed by atoms with Crippen LogP contribution in [0.5, 0.6) is 0 Å². The minimum atomic E-state index is -0.426. The van der Waals surface area contributed by atoms with E-state index in [2.05, 4.69) is 15.3 Å². The second-order valence-electron chi connectivity index (χ2n) is 5.64. The first-order valence-corrected chi connectivity index (χ1v) is 10.6. The first-order chi connectivity index (χ1) is 12.7. The Morgan fingerprint density at radius 1 is 0.962 bits per heavy atom. The summed E-state index contributed by atoms with van der Waals surface area (Å²) in [7, 11) is 0. The van der Waals surface area contributed by atoms with Gasteiger partial charge in [0.2, 0.25) is 0 Å². The number of rotatable bonds is 5. The van der Waals surface area contributed by atoms with Crippen LogP contribution < -0.4 is 0 Å². The van der Waals surface area contributed by atoms with Crippen LogP contribution in [-0.4, -0.2) is 15.9 Å². The number of esters is 1. The van der Waals surface area contributed by atoms with Crippen LogP contribution in [0.3, 0.4) is 0 Å². The molecule has 4 aromatic rings. The van der Waals surface area contributed by atoms with Crippen molar-refractivity contribution in [3.05, 3.63) is 68.8 Å². The van der Waals surface area contributed by atoms with E-state index in [1.165, 1.54) is 16.9 Å².